The Morgan fingerprint density at radius 3 is 2.17 bits per heavy atom. The van der Waals surface area contributed by atoms with E-state index in [0.29, 0.717) is 51.4 Å². The number of carbonyl (C=O) groups is 3. The van der Waals surface area contributed by atoms with Crippen molar-refractivity contribution in [2.24, 2.45) is 5.92 Å². The van der Waals surface area contributed by atoms with E-state index < -0.39 is 6.04 Å². The van der Waals surface area contributed by atoms with Gasteiger partial charge in [-0.15, -0.1) is 0 Å². The minimum absolute atomic E-state index is 0.00468. The van der Waals surface area contributed by atoms with Gasteiger partial charge < -0.3 is 24.2 Å². The number of piperazine rings is 1. The summed E-state index contributed by atoms with van der Waals surface area (Å²) in [7, 11) is 1.61. The molecule has 3 saturated heterocycles. The van der Waals surface area contributed by atoms with Gasteiger partial charge in [-0.25, -0.2) is 0 Å². The van der Waals surface area contributed by atoms with Crippen LogP contribution in [0.25, 0.3) is 0 Å². The highest BCUT2D eigenvalue weighted by Gasteiger charge is 2.43. The summed E-state index contributed by atoms with van der Waals surface area (Å²) in [5.41, 5.74) is 1.69. The molecule has 2 aromatic carbocycles. The molecule has 8 heteroatoms. The van der Waals surface area contributed by atoms with Gasteiger partial charge in [0, 0.05) is 44.9 Å². The molecule has 3 unspecified atom stereocenters. The number of hydrogen-bond acceptors (Lipinski definition) is 5. The first-order chi connectivity index (χ1) is 17.6. The number of rotatable bonds is 5. The molecule has 36 heavy (non-hydrogen) atoms. The third-order valence-corrected chi connectivity index (χ3v) is 7.51. The zero-order valence-corrected chi connectivity index (χ0v) is 20.7. The summed E-state index contributed by atoms with van der Waals surface area (Å²) < 4.78 is 10.9. The highest BCUT2D eigenvalue weighted by molar-refractivity contribution is 5.97. The van der Waals surface area contributed by atoms with Crippen LogP contribution in [0.15, 0.2) is 54.6 Å². The van der Waals surface area contributed by atoms with Crippen molar-refractivity contribution in [1.82, 2.24) is 9.80 Å². The number of hydrogen-bond donors (Lipinski definition) is 0. The van der Waals surface area contributed by atoms with Gasteiger partial charge in [0.2, 0.25) is 11.8 Å². The van der Waals surface area contributed by atoms with Gasteiger partial charge in [0.25, 0.3) is 5.91 Å². The standard InChI is InChI=1S/C28H33N3O5/c1-35-22-11-9-21(10-12-22)31-25(32)14-13-23(26(31)20-6-3-2-4-7-20)27(33)29-15-17-30(18-16-29)28(34)24-8-5-19-36-24/h2-4,6-7,9-12,23-24,26H,5,8,13-19H2,1H3. The van der Waals surface area contributed by atoms with E-state index in [2.05, 4.69) is 0 Å². The van der Waals surface area contributed by atoms with Crippen molar-refractivity contribution in [1.29, 1.82) is 0 Å². The first kappa shape index (κ1) is 24.3. The molecule has 2 aromatic rings. The van der Waals surface area contributed by atoms with Crippen LogP contribution in [0.3, 0.4) is 0 Å². The van der Waals surface area contributed by atoms with Crippen molar-refractivity contribution in [2.45, 2.75) is 37.8 Å². The highest BCUT2D eigenvalue weighted by Crippen LogP contribution is 2.41. The molecule has 0 aromatic heterocycles. The van der Waals surface area contributed by atoms with Crippen molar-refractivity contribution in [3.8, 4) is 5.75 Å². The molecule has 0 saturated carbocycles. The molecule has 0 aliphatic carbocycles. The molecule has 3 fully saturated rings. The Kier molecular flexibility index (Phi) is 7.23. The predicted octanol–water partition coefficient (Wildman–Crippen LogP) is 3.03. The lowest BCUT2D eigenvalue weighted by molar-refractivity contribution is -0.148. The molecule has 3 aliphatic rings. The summed E-state index contributed by atoms with van der Waals surface area (Å²) >= 11 is 0. The van der Waals surface area contributed by atoms with Crippen molar-refractivity contribution >= 4 is 23.4 Å². The molecule has 0 N–H and O–H groups in total. The maximum atomic E-state index is 13.9. The lowest BCUT2D eigenvalue weighted by Gasteiger charge is -2.44. The fourth-order valence-corrected chi connectivity index (χ4v) is 5.59. The van der Waals surface area contributed by atoms with Crippen LogP contribution in [-0.4, -0.2) is 73.5 Å². The topological polar surface area (TPSA) is 79.4 Å². The van der Waals surface area contributed by atoms with Crippen LogP contribution in [0.5, 0.6) is 5.75 Å². The summed E-state index contributed by atoms with van der Waals surface area (Å²) in [4.78, 5) is 45.3. The summed E-state index contributed by atoms with van der Waals surface area (Å²) in [6, 6.07) is 16.8. The molecule has 0 bridgehead atoms. The molecule has 0 radical (unpaired) electrons. The van der Waals surface area contributed by atoms with Gasteiger partial charge >= 0.3 is 0 Å². The Bertz CT molecular complexity index is 1080. The van der Waals surface area contributed by atoms with Gasteiger partial charge in [-0.05, 0) is 49.1 Å². The van der Waals surface area contributed by atoms with Crippen LogP contribution in [0.2, 0.25) is 0 Å². The van der Waals surface area contributed by atoms with Crippen LogP contribution in [0, 0.1) is 5.92 Å². The second kappa shape index (κ2) is 10.7. The lowest BCUT2D eigenvalue weighted by atomic mass is 9.82. The van der Waals surface area contributed by atoms with Gasteiger partial charge in [-0.3, -0.25) is 14.4 Å². The van der Waals surface area contributed by atoms with Gasteiger partial charge in [-0.2, -0.15) is 0 Å². The number of anilines is 1. The Morgan fingerprint density at radius 2 is 1.56 bits per heavy atom. The molecular weight excluding hydrogens is 458 g/mol. The van der Waals surface area contributed by atoms with Gasteiger partial charge in [0.1, 0.15) is 11.9 Å². The average Bonchev–Trinajstić information content (AvgIpc) is 3.48. The monoisotopic (exact) mass is 491 g/mol. The predicted molar refractivity (Wildman–Crippen MR) is 135 cm³/mol. The Morgan fingerprint density at radius 1 is 0.889 bits per heavy atom. The quantitative estimate of drug-likeness (QED) is 0.643. The third-order valence-electron chi connectivity index (χ3n) is 7.51. The fraction of sp³-hybridized carbons (Fsp3) is 0.464. The summed E-state index contributed by atoms with van der Waals surface area (Å²) in [6.07, 6.45) is 2.16. The molecule has 190 valence electrons. The maximum Gasteiger partial charge on any atom is 0.251 e. The van der Waals surface area contributed by atoms with Crippen LogP contribution >= 0.6 is 0 Å². The van der Waals surface area contributed by atoms with E-state index in [4.69, 9.17) is 9.47 Å². The summed E-state index contributed by atoms with van der Waals surface area (Å²) in [6.45, 7) is 2.64. The zero-order valence-electron chi connectivity index (χ0n) is 20.7. The smallest absolute Gasteiger partial charge is 0.251 e. The number of carbonyl (C=O) groups excluding carboxylic acids is 3. The number of amides is 3. The summed E-state index contributed by atoms with van der Waals surface area (Å²) in [5, 5.41) is 0. The van der Waals surface area contributed by atoms with Gasteiger partial charge in [-0.1, -0.05) is 30.3 Å². The Balaban J connectivity index is 1.36. The molecule has 3 atom stereocenters. The van der Waals surface area contributed by atoms with E-state index in [9.17, 15) is 14.4 Å². The van der Waals surface area contributed by atoms with Crippen LogP contribution in [0.4, 0.5) is 5.69 Å². The number of nitrogens with zero attached hydrogens (tertiary/aromatic N) is 3. The van der Waals surface area contributed by atoms with Crippen molar-refractivity contribution in [3.05, 3.63) is 60.2 Å². The molecule has 3 heterocycles. The molecule has 3 amide bonds. The summed E-state index contributed by atoms with van der Waals surface area (Å²) in [5.74, 6) is 0.426. The van der Waals surface area contributed by atoms with Crippen molar-refractivity contribution in [2.75, 3.05) is 44.8 Å². The zero-order chi connectivity index (χ0) is 25.1. The average molecular weight is 492 g/mol. The SMILES string of the molecule is COc1ccc(N2C(=O)CCC(C(=O)N3CCN(C(=O)C4CCCO4)CC3)C2c2ccccc2)cc1. The van der Waals surface area contributed by atoms with E-state index in [1.807, 2.05) is 64.4 Å². The van der Waals surface area contributed by atoms with E-state index in [1.54, 1.807) is 12.0 Å². The Labute approximate surface area is 211 Å². The fourth-order valence-electron chi connectivity index (χ4n) is 5.59. The second-order valence-electron chi connectivity index (χ2n) is 9.61. The minimum Gasteiger partial charge on any atom is -0.497 e. The first-order valence-electron chi connectivity index (χ1n) is 12.8. The van der Waals surface area contributed by atoms with Gasteiger partial charge in [0.05, 0.1) is 19.1 Å². The lowest BCUT2D eigenvalue weighted by Crippen LogP contribution is -2.56. The maximum absolute atomic E-state index is 13.9. The molecule has 8 nitrogen and oxygen atoms in total. The normalized spacial score (nSPS) is 24.6. The molecule has 0 spiro atoms. The van der Waals surface area contributed by atoms with Crippen molar-refractivity contribution < 1.29 is 23.9 Å². The van der Waals surface area contributed by atoms with Gasteiger partial charge in [0.15, 0.2) is 0 Å². The first-order valence-corrected chi connectivity index (χ1v) is 12.8. The van der Waals surface area contributed by atoms with Crippen LogP contribution in [-0.2, 0) is 19.1 Å². The minimum atomic E-state index is -0.403. The van der Waals surface area contributed by atoms with Crippen LogP contribution in [0.1, 0.15) is 37.3 Å². The number of benzene rings is 2. The third kappa shape index (κ3) is 4.82. The molecule has 5 rings (SSSR count). The molecule has 3 aliphatic heterocycles. The van der Waals surface area contributed by atoms with Crippen molar-refractivity contribution in [3.63, 3.8) is 0 Å². The molecular formula is C28H33N3O5. The van der Waals surface area contributed by atoms with E-state index >= 15 is 0 Å². The Hall–Kier alpha value is -3.39. The van der Waals surface area contributed by atoms with E-state index in [0.717, 1.165) is 24.1 Å². The van der Waals surface area contributed by atoms with Crippen LogP contribution < -0.4 is 9.64 Å². The second-order valence-corrected chi connectivity index (χ2v) is 9.61. The number of methoxy groups -OCH3 is 1. The highest BCUT2D eigenvalue weighted by atomic mass is 16.5. The largest absolute Gasteiger partial charge is 0.497 e. The van der Waals surface area contributed by atoms with E-state index in [1.165, 1.54) is 0 Å². The number of piperidine rings is 1. The van der Waals surface area contributed by atoms with E-state index in [-0.39, 0.29) is 29.7 Å². The number of ether oxygens (including phenoxy) is 2.